The first kappa shape index (κ1) is 16.8. The van der Waals surface area contributed by atoms with Crippen LogP contribution in [-0.4, -0.2) is 41.1 Å². The summed E-state index contributed by atoms with van der Waals surface area (Å²) in [5.74, 6) is -3.59. The molecule has 1 amide bonds. The van der Waals surface area contributed by atoms with E-state index in [2.05, 4.69) is 0 Å². The average Bonchev–Trinajstić information content (AvgIpc) is 2.85. The highest BCUT2D eigenvalue weighted by molar-refractivity contribution is 5.91. The van der Waals surface area contributed by atoms with E-state index in [0.717, 1.165) is 4.90 Å². The van der Waals surface area contributed by atoms with Crippen LogP contribution >= 0.6 is 0 Å². The Morgan fingerprint density at radius 2 is 1.80 bits per heavy atom. The van der Waals surface area contributed by atoms with Crippen molar-refractivity contribution in [3.8, 4) is 0 Å². The van der Waals surface area contributed by atoms with Crippen LogP contribution in [-0.2, 0) is 9.59 Å². The largest absolute Gasteiger partial charge is 0.481 e. The number of carboxylic acids is 1. The number of nitrogens with zero attached hydrogens (tertiary/aromatic N) is 1. The number of unbranched alkanes of at least 4 members (excludes halogenated alkanes) is 1. The average molecular weight is 295 g/mol. The zero-order valence-corrected chi connectivity index (χ0v) is 11.8. The smallest absolute Gasteiger partial charge is 0.406 e. The van der Waals surface area contributed by atoms with Gasteiger partial charge in [0.2, 0.25) is 5.91 Å². The van der Waals surface area contributed by atoms with Crippen molar-refractivity contribution in [3.05, 3.63) is 0 Å². The molecule has 7 heteroatoms. The van der Waals surface area contributed by atoms with Gasteiger partial charge in [-0.3, -0.25) is 9.59 Å². The molecule has 1 saturated carbocycles. The van der Waals surface area contributed by atoms with Gasteiger partial charge >= 0.3 is 12.1 Å². The molecule has 0 aromatic rings. The van der Waals surface area contributed by atoms with Gasteiger partial charge in [-0.05, 0) is 11.8 Å². The summed E-state index contributed by atoms with van der Waals surface area (Å²) >= 11 is 0. The Hall–Kier alpha value is -1.27. The second kappa shape index (κ2) is 5.61. The van der Waals surface area contributed by atoms with Crippen LogP contribution in [0.1, 0.15) is 33.6 Å². The molecule has 0 radical (unpaired) electrons. The fourth-order valence-electron chi connectivity index (χ4n) is 2.59. The first-order chi connectivity index (χ1) is 9.02. The number of carboxylic acid groups (broad SMARTS) is 1. The number of amides is 1. The standard InChI is InChI=1S/C13H20F3NO3/c1-4-5-6-17(7-13(14,15)16)10(18)8-9(11(19)20)12(8,2)3/h8-9H,4-7H2,1-3H3,(H,19,20)/t8-,9+/m1/s1. The summed E-state index contributed by atoms with van der Waals surface area (Å²) < 4.78 is 37.5. The van der Waals surface area contributed by atoms with E-state index >= 15 is 0 Å². The van der Waals surface area contributed by atoms with Gasteiger partial charge in [0, 0.05) is 6.54 Å². The normalized spacial score (nSPS) is 24.3. The molecule has 0 aromatic heterocycles. The van der Waals surface area contributed by atoms with E-state index in [0.29, 0.717) is 12.8 Å². The van der Waals surface area contributed by atoms with Gasteiger partial charge in [-0.1, -0.05) is 27.2 Å². The van der Waals surface area contributed by atoms with Gasteiger partial charge in [0.1, 0.15) is 6.54 Å². The predicted octanol–water partition coefficient (Wildman–Crippen LogP) is 2.53. The van der Waals surface area contributed by atoms with Gasteiger partial charge in [-0.15, -0.1) is 0 Å². The van der Waals surface area contributed by atoms with Crippen LogP contribution < -0.4 is 0 Å². The molecule has 116 valence electrons. The minimum Gasteiger partial charge on any atom is -0.481 e. The highest BCUT2D eigenvalue weighted by Crippen LogP contribution is 2.59. The molecule has 1 N–H and O–H groups in total. The number of alkyl halides is 3. The van der Waals surface area contributed by atoms with Crippen LogP contribution in [0, 0.1) is 17.3 Å². The van der Waals surface area contributed by atoms with Crippen molar-refractivity contribution in [1.82, 2.24) is 4.90 Å². The van der Waals surface area contributed by atoms with Crippen LogP contribution in [0.4, 0.5) is 13.2 Å². The van der Waals surface area contributed by atoms with Gasteiger partial charge < -0.3 is 10.0 Å². The molecule has 20 heavy (non-hydrogen) atoms. The van der Waals surface area contributed by atoms with Gasteiger partial charge in [0.15, 0.2) is 0 Å². The van der Waals surface area contributed by atoms with E-state index in [9.17, 15) is 22.8 Å². The summed E-state index contributed by atoms with van der Waals surface area (Å²) in [5, 5.41) is 9.01. The van der Waals surface area contributed by atoms with E-state index in [1.54, 1.807) is 13.8 Å². The molecular weight excluding hydrogens is 275 g/mol. The Bertz CT molecular complexity index is 393. The van der Waals surface area contributed by atoms with E-state index in [1.165, 1.54) is 0 Å². The number of aliphatic carboxylic acids is 1. The highest BCUT2D eigenvalue weighted by Gasteiger charge is 2.66. The van der Waals surface area contributed by atoms with Gasteiger partial charge in [-0.25, -0.2) is 0 Å². The first-order valence-corrected chi connectivity index (χ1v) is 6.60. The summed E-state index contributed by atoms with van der Waals surface area (Å²) in [4.78, 5) is 24.0. The number of rotatable bonds is 6. The van der Waals surface area contributed by atoms with E-state index in [1.807, 2.05) is 6.92 Å². The Balaban J connectivity index is 2.81. The molecule has 0 spiro atoms. The fraction of sp³-hybridized carbons (Fsp3) is 0.846. The van der Waals surface area contributed by atoms with Crippen molar-refractivity contribution in [2.45, 2.75) is 39.8 Å². The fourth-order valence-corrected chi connectivity index (χ4v) is 2.59. The Morgan fingerprint density at radius 3 is 2.15 bits per heavy atom. The molecule has 1 aliphatic rings. The third kappa shape index (κ3) is 3.64. The van der Waals surface area contributed by atoms with E-state index in [-0.39, 0.29) is 6.54 Å². The molecule has 0 unspecified atom stereocenters. The lowest BCUT2D eigenvalue weighted by molar-refractivity contribution is -0.163. The van der Waals surface area contributed by atoms with Crippen molar-refractivity contribution >= 4 is 11.9 Å². The van der Waals surface area contributed by atoms with Crippen LogP contribution in [0.25, 0.3) is 0 Å². The second-order valence-electron chi connectivity index (χ2n) is 5.84. The molecule has 0 aliphatic heterocycles. The summed E-state index contributed by atoms with van der Waals surface area (Å²) in [5.41, 5.74) is -0.779. The number of carbonyl (C=O) groups excluding carboxylic acids is 1. The molecule has 4 nitrogen and oxygen atoms in total. The summed E-state index contributed by atoms with van der Waals surface area (Å²) in [7, 11) is 0. The van der Waals surface area contributed by atoms with Crippen molar-refractivity contribution < 1.29 is 27.9 Å². The lowest BCUT2D eigenvalue weighted by atomic mass is 10.1. The minimum atomic E-state index is -4.47. The number of hydrogen-bond acceptors (Lipinski definition) is 2. The molecule has 0 saturated heterocycles. The van der Waals surface area contributed by atoms with E-state index in [4.69, 9.17) is 5.11 Å². The molecular formula is C13H20F3NO3. The highest BCUT2D eigenvalue weighted by atomic mass is 19.4. The van der Waals surface area contributed by atoms with Crippen molar-refractivity contribution in [2.24, 2.45) is 17.3 Å². The molecule has 2 atom stereocenters. The zero-order valence-electron chi connectivity index (χ0n) is 11.8. The lowest BCUT2D eigenvalue weighted by Crippen LogP contribution is -2.41. The topological polar surface area (TPSA) is 57.6 Å². The molecule has 0 heterocycles. The van der Waals surface area contributed by atoms with Crippen LogP contribution in [0.3, 0.4) is 0 Å². The SMILES string of the molecule is CCCCN(CC(F)(F)F)C(=O)[C@H]1[C@@H](C(=O)O)C1(C)C. The molecule has 1 fully saturated rings. The number of hydrogen-bond donors (Lipinski definition) is 1. The maximum Gasteiger partial charge on any atom is 0.406 e. The molecule has 1 aliphatic carbocycles. The van der Waals surface area contributed by atoms with Crippen LogP contribution in [0.5, 0.6) is 0 Å². The van der Waals surface area contributed by atoms with E-state index < -0.39 is 41.8 Å². The summed E-state index contributed by atoms with van der Waals surface area (Å²) in [6, 6.07) is 0. The first-order valence-electron chi connectivity index (χ1n) is 6.60. The van der Waals surface area contributed by atoms with Crippen molar-refractivity contribution in [1.29, 1.82) is 0 Å². The Kier molecular flexibility index (Phi) is 4.71. The number of halogens is 3. The summed E-state index contributed by atoms with van der Waals surface area (Å²) in [6.07, 6.45) is -3.34. The Labute approximate surface area is 115 Å². The zero-order chi connectivity index (χ0) is 15.7. The molecule has 1 rings (SSSR count). The third-order valence-corrected chi connectivity index (χ3v) is 3.82. The minimum absolute atomic E-state index is 0.00770. The maximum absolute atomic E-state index is 12.5. The quantitative estimate of drug-likeness (QED) is 0.819. The monoisotopic (exact) mass is 295 g/mol. The third-order valence-electron chi connectivity index (χ3n) is 3.82. The van der Waals surface area contributed by atoms with Gasteiger partial charge in [0.25, 0.3) is 0 Å². The lowest BCUT2D eigenvalue weighted by Gasteiger charge is -2.24. The van der Waals surface area contributed by atoms with Crippen molar-refractivity contribution in [3.63, 3.8) is 0 Å². The molecule has 0 aromatic carbocycles. The second-order valence-corrected chi connectivity index (χ2v) is 5.84. The maximum atomic E-state index is 12.5. The van der Waals surface area contributed by atoms with Gasteiger partial charge in [-0.2, -0.15) is 13.2 Å². The van der Waals surface area contributed by atoms with Crippen LogP contribution in [0.2, 0.25) is 0 Å². The number of carbonyl (C=O) groups is 2. The predicted molar refractivity (Wildman–Crippen MR) is 65.9 cm³/mol. The molecule has 0 bridgehead atoms. The Morgan fingerprint density at radius 1 is 1.25 bits per heavy atom. The van der Waals surface area contributed by atoms with Gasteiger partial charge in [0.05, 0.1) is 11.8 Å². The summed E-state index contributed by atoms with van der Waals surface area (Å²) in [6.45, 7) is 3.70. The van der Waals surface area contributed by atoms with Crippen LogP contribution in [0.15, 0.2) is 0 Å². The van der Waals surface area contributed by atoms with Crippen molar-refractivity contribution in [2.75, 3.05) is 13.1 Å².